The summed E-state index contributed by atoms with van der Waals surface area (Å²) in [5.74, 6) is 0.817. The molecule has 0 fully saturated rings. The summed E-state index contributed by atoms with van der Waals surface area (Å²) in [5.41, 5.74) is 1.76. The number of nitriles is 1. The van der Waals surface area contributed by atoms with Crippen LogP contribution < -0.4 is 10.1 Å². The number of benzene rings is 1. The van der Waals surface area contributed by atoms with Crippen LogP contribution >= 0.6 is 0 Å². The largest absolute Gasteiger partial charge is 0.497 e. The van der Waals surface area contributed by atoms with Crippen molar-refractivity contribution in [1.82, 2.24) is 0 Å². The van der Waals surface area contributed by atoms with Gasteiger partial charge in [-0.25, -0.2) is 0 Å². The number of allylic oxidation sites excluding steroid dienone is 2. The van der Waals surface area contributed by atoms with E-state index in [1.165, 1.54) is 6.08 Å². The summed E-state index contributed by atoms with van der Waals surface area (Å²) in [5, 5.41) is 11.5. The van der Waals surface area contributed by atoms with Crippen LogP contribution in [0, 0.1) is 11.3 Å². The summed E-state index contributed by atoms with van der Waals surface area (Å²) in [6.45, 7) is 1.84. The first kappa shape index (κ1) is 10.1. The van der Waals surface area contributed by atoms with E-state index in [0.717, 1.165) is 17.1 Å². The van der Waals surface area contributed by atoms with E-state index >= 15 is 0 Å². The molecule has 0 saturated carbocycles. The van der Waals surface area contributed by atoms with Crippen LogP contribution in [0.15, 0.2) is 36.0 Å². The van der Waals surface area contributed by atoms with Gasteiger partial charge >= 0.3 is 0 Å². The highest BCUT2D eigenvalue weighted by Gasteiger charge is 1.93. The molecule has 0 saturated heterocycles. The van der Waals surface area contributed by atoms with Gasteiger partial charge in [-0.3, -0.25) is 0 Å². The number of methoxy groups -OCH3 is 1. The summed E-state index contributed by atoms with van der Waals surface area (Å²) in [6, 6.07) is 9.48. The van der Waals surface area contributed by atoms with Gasteiger partial charge in [-0.1, -0.05) is 0 Å². The number of rotatable bonds is 3. The van der Waals surface area contributed by atoms with Gasteiger partial charge in [0, 0.05) is 17.5 Å². The Kier molecular flexibility index (Phi) is 3.57. The fourth-order valence-electron chi connectivity index (χ4n) is 1.03. The van der Waals surface area contributed by atoms with Crippen LogP contribution in [-0.4, -0.2) is 7.11 Å². The Balaban J connectivity index is 2.70. The lowest BCUT2D eigenvalue weighted by Gasteiger charge is -2.05. The summed E-state index contributed by atoms with van der Waals surface area (Å²) in [4.78, 5) is 0. The molecule has 1 aromatic rings. The first-order valence-electron chi connectivity index (χ1n) is 4.23. The lowest BCUT2D eigenvalue weighted by Crippen LogP contribution is -1.94. The molecule has 0 aromatic heterocycles. The Morgan fingerprint density at radius 1 is 1.43 bits per heavy atom. The number of hydrogen-bond donors (Lipinski definition) is 1. The average Bonchev–Trinajstić information content (AvgIpc) is 2.19. The van der Waals surface area contributed by atoms with E-state index in [2.05, 4.69) is 5.32 Å². The third kappa shape index (κ3) is 2.83. The van der Waals surface area contributed by atoms with Crippen molar-refractivity contribution in [3.63, 3.8) is 0 Å². The molecule has 0 aliphatic heterocycles. The first-order valence-corrected chi connectivity index (χ1v) is 4.23. The average molecular weight is 188 g/mol. The van der Waals surface area contributed by atoms with Crippen molar-refractivity contribution in [3.8, 4) is 11.8 Å². The third-order valence-corrected chi connectivity index (χ3v) is 1.71. The number of ether oxygens (including phenoxy) is 1. The van der Waals surface area contributed by atoms with Crippen molar-refractivity contribution in [3.05, 3.63) is 36.0 Å². The summed E-state index contributed by atoms with van der Waals surface area (Å²) in [6.07, 6.45) is 1.46. The molecule has 0 bridgehead atoms. The molecule has 3 heteroatoms. The minimum Gasteiger partial charge on any atom is -0.497 e. The van der Waals surface area contributed by atoms with Crippen LogP contribution in [-0.2, 0) is 0 Å². The molecule has 0 unspecified atom stereocenters. The highest BCUT2D eigenvalue weighted by atomic mass is 16.5. The number of hydrogen-bond acceptors (Lipinski definition) is 3. The second-order valence-corrected chi connectivity index (χ2v) is 2.81. The molecular formula is C11H12N2O. The van der Waals surface area contributed by atoms with E-state index in [4.69, 9.17) is 10.00 Å². The van der Waals surface area contributed by atoms with E-state index in [9.17, 15) is 0 Å². The topological polar surface area (TPSA) is 45.0 Å². The van der Waals surface area contributed by atoms with Crippen LogP contribution in [0.4, 0.5) is 5.69 Å². The second kappa shape index (κ2) is 4.93. The van der Waals surface area contributed by atoms with Crippen LogP contribution in [0.3, 0.4) is 0 Å². The summed E-state index contributed by atoms with van der Waals surface area (Å²) >= 11 is 0. The molecule has 1 rings (SSSR count). The van der Waals surface area contributed by atoms with Crippen LogP contribution in [0.1, 0.15) is 6.92 Å². The fraction of sp³-hybridized carbons (Fsp3) is 0.182. The van der Waals surface area contributed by atoms with Gasteiger partial charge in [-0.05, 0) is 31.2 Å². The quantitative estimate of drug-likeness (QED) is 0.741. The Morgan fingerprint density at radius 3 is 2.57 bits per heavy atom. The second-order valence-electron chi connectivity index (χ2n) is 2.81. The smallest absolute Gasteiger partial charge is 0.119 e. The zero-order chi connectivity index (χ0) is 10.4. The molecule has 0 spiro atoms. The van der Waals surface area contributed by atoms with Crippen molar-refractivity contribution in [2.75, 3.05) is 12.4 Å². The van der Waals surface area contributed by atoms with E-state index in [1.807, 2.05) is 37.3 Å². The van der Waals surface area contributed by atoms with Gasteiger partial charge in [0.15, 0.2) is 0 Å². The van der Waals surface area contributed by atoms with Crippen molar-refractivity contribution in [1.29, 1.82) is 5.26 Å². The van der Waals surface area contributed by atoms with Crippen LogP contribution in [0.2, 0.25) is 0 Å². The maximum atomic E-state index is 8.41. The highest BCUT2D eigenvalue weighted by Crippen LogP contribution is 2.16. The van der Waals surface area contributed by atoms with E-state index in [0.29, 0.717) is 0 Å². The molecule has 14 heavy (non-hydrogen) atoms. The van der Waals surface area contributed by atoms with Crippen LogP contribution in [0.5, 0.6) is 5.75 Å². The molecule has 0 amide bonds. The van der Waals surface area contributed by atoms with E-state index < -0.39 is 0 Å². The predicted octanol–water partition coefficient (Wildman–Crippen LogP) is 2.53. The molecule has 0 aliphatic rings. The van der Waals surface area contributed by atoms with Gasteiger partial charge in [0.1, 0.15) is 5.75 Å². The van der Waals surface area contributed by atoms with Crippen molar-refractivity contribution in [2.45, 2.75) is 6.92 Å². The van der Waals surface area contributed by atoms with Gasteiger partial charge in [-0.15, -0.1) is 0 Å². The Labute approximate surface area is 83.6 Å². The van der Waals surface area contributed by atoms with Gasteiger partial charge < -0.3 is 10.1 Å². The molecule has 0 atom stereocenters. The highest BCUT2D eigenvalue weighted by molar-refractivity contribution is 5.50. The number of anilines is 1. The van der Waals surface area contributed by atoms with Crippen molar-refractivity contribution >= 4 is 5.69 Å². The predicted molar refractivity (Wildman–Crippen MR) is 56.0 cm³/mol. The zero-order valence-corrected chi connectivity index (χ0v) is 8.24. The standard InChI is InChI=1S/C11H12N2O/c1-9(7-8-12)13-10-3-5-11(14-2)6-4-10/h3-7,13H,1-2H3/b9-7+. The van der Waals surface area contributed by atoms with E-state index in [1.54, 1.807) is 7.11 Å². The molecule has 72 valence electrons. The monoisotopic (exact) mass is 188 g/mol. The fourth-order valence-corrected chi connectivity index (χ4v) is 1.03. The lowest BCUT2D eigenvalue weighted by molar-refractivity contribution is 0.415. The SMILES string of the molecule is COc1ccc(N/C(C)=C/C#N)cc1. The van der Waals surface area contributed by atoms with Gasteiger partial charge in [0.05, 0.1) is 13.2 Å². The van der Waals surface area contributed by atoms with Crippen LogP contribution in [0.25, 0.3) is 0 Å². The maximum absolute atomic E-state index is 8.41. The molecule has 0 aliphatic carbocycles. The Morgan fingerprint density at radius 2 is 2.07 bits per heavy atom. The maximum Gasteiger partial charge on any atom is 0.119 e. The summed E-state index contributed by atoms with van der Waals surface area (Å²) in [7, 11) is 1.63. The third-order valence-electron chi connectivity index (χ3n) is 1.71. The van der Waals surface area contributed by atoms with Gasteiger partial charge in [0.25, 0.3) is 0 Å². The lowest BCUT2D eigenvalue weighted by atomic mass is 10.3. The normalized spacial score (nSPS) is 10.5. The van der Waals surface area contributed by atoms with Gasteiger partial charge in [-0.2, -0.15) is 5.26 Å². The van der Waals surface area contributed by atoms with E-state index in [-0.39, 0.29) is 0 Å². The van der Waals surface area contributed by atoms with Crippen molar-refractivity contribution in [2.24, 2.45) is 0 Å². The van der Waals surface area contributed by atoms with Crippen molar-refractivity contribution < 1.29 is 4.74 Å². The molecular weight excluding hydrogens is 176 g/mol. The number of nitrogens with zero attached hydrogens (tertiary/aromatic N) is 1. The zero-order valence-electron chi connectivity index (χ0n) is 8.24. The molecule has 1 aromatic carbocycles. The molecule has 3 nitrogen and oxygen atoms in total. The Bertz CT molecular complexity index is 360. The molecule has 1 N–H and O–H groups in total. The Hall–Kier alpha value is -1.95. The minimum atomic E-state index is 0.817. The molecule has 0 radical (unpaired) electrons. The molecule has 0 heterocycles. The number of nitrogens with one attached hydrogen (secondary N) is 1. The first-order chi connectivity index (χ1) is 6.76. The van der Waals surface area contributed by atoms with Gasteiger partial charge in [0.2, 0.25) is 0 Å². The minimum absolute atomic E-state index is 0.817. The summed E-state index contributed by atoms with van der Waals surface area (Å²) < 4.78 is 5.03.